The molecule has 0 aliphatic heterocycles. The number of aliphatic carboxylic acids is 1. The number of nitrogens with one attached hydrogen (secondary N) is 1. The largest absolute Gasteiger partial charge is 0.771 e. The Morgan fingerprint density at radius 3 is 2.52 bits per heavy atom. The van der Waals surface area contributed by atoms with Gasteiger partial charge < -0.3 is 15.0 Å². The molecule has 1 aromatic carbocycles. The third-order valence-electron chi connectivity index (χ3n) is 3.40. The van der Waals surface area contributed by atoms with E-state index in [1.807, 2.05) is 0 Å². The van der Waals surface area contributed by atoms with E-state index in [2.05, 4.69) is 5.32 Å². The van der Waals surface area contributed by atoms with Crippen LogP contribution in [0.5, 0.6) is 0 Å². The number of carboxylic acid groups (broad SMARTS) is 1. The maximum Gasteiger partial charge on any atom is 0.322 e. The first-order chi connectivity index (χ1) is 10.8. The fraction of sp³-hybridized carbons (Fsp3) is 0.357. The second-order valence-electron chi connectivity index (χ2n) is 5.13. The molecular formula is C14H13ClNO6S-. The molecule has 124 valence electrons. The van der Waals surface area contributed by atoms with Gasteiger partial charge >= 0.3 is 5.97 Å². The third-order valence-corrected chi connectivity index (χ3v) is 4.09. The monoisotopic (exact) mass is 358 g/mol. The van der Waals surface area contributed by atoms with Crippen molar-refractivity contribution in [2.45, 2.75) is 12.8 Å². The second kappa shape index (κ2) is 7.20. The second-order valence-corrected chi connectivity index (χ2v) is 6.43. The third kappa shape index (κ3) is 4.37. The Morgan fingerprint density at radius 1 is 1.39 bits per heavy atom. The van der Waals surface area contributed by atoms with Crippen LogP contribution in [0.3, 0.4) is 0 Å². The van der Waals surface area contributed by atoms with Crippen molar-refractivity contribution in [1.29, 1.82) is 0 Å². The van der Waals surface area contributed by atoms with E-state index in [4.69, 9.17) is 11.6 Å². The van der Waals surface area contributed by atoms with Gasteiger partial charge in [0.2, 0.25) is 0 Å². The first kappa shape index (κ1) is 17.6. The van der Waals surface area contributed by atoms with Crippen LogP contribution in [0.1, 0.15) is 23.2 Å². The van der Waals surface area contributed by atoms with Gasteiger partial charge in [-0.25, -0.2) is 0 Å². The van der Waals surface area contributed by atoms with E-state index in [-0.39, 0.29) is 22.4 Å². The summed E-state index contributed by atoms with van der Waals surface area (Å²) in [5, 5.41) is 11.7. The van der Waals surface area contributed by atoms with Gasteiger partial charge in [0.25, 0.3) is 0 Å². The number of ketones is 2. The van der Waals surface area contributed by atoms with E-state index in [0.717, 1.165) is 0 Å². The molecule has 0 saturated heterocycles. The predicted octanol–water partition coefficient (Wildman–Crippen LogP) is 1.45. The van der Waals surface area contributed by atoms with Gasteiger partial charge in [-0.3, -0.25) is 18.6 Å². The Hall–Kier alpha value is -1.77. The summed E-state index contributed by atoms with van der Waals surface area (Å²) in [7, 11) is 0. The lowest BCUT2D eigenvalue weighted by atomic mass is 9.91. The highest BCUT2D eigenvalue weighted by molar-refractivity contribution is 7.79. The first-order valence-electron chi connectivity index (χ1n) is 6.71. The number of carboxylic acids is 1. The molecule has 23 heavy (non-hydrogen) atoms. The number of Topliss-reactive ketones (excluding diaryl/α,β-unsaturated/α-hetero) is 2. The highest BCUT2D eigenvalue weighted by Gasteiger charge is 2.43. The highest BCUT2D eigenvalue weighted by Crippen LogP contribution is 2.34. The van der Waals surface area contributed by atoms with Gasteiger partial charge in [0.15, 0.2) is 17.5 Å². The van der Waals surface area contributed by atoms with Crippen LogP contribution in [-0.4, -0.2) is 37.3 Å². The predicted molar refractivity (Wildman–Crippen MR) is 82.0 cm³/mol. The molecule has 0 spiro atoms. The average molecular weight is 359 g/mol. The van der Waals surface area contributed by atoms with E-state index < -0.39 is 34.5 Å². The molecular weight excluding hydrogens is 346 g/mol. The molecule has 2 rings (SSSR count). The van der Waals surface area contributed by atoms with Gasteiger partial charge in [-0.1, -0.05) is 11.6 Å². The Labute approximate surface area is 139 Å². The van der Waals surface area contributed by atoms with E-state index in [0.29, 0.717) is 18.5 Å². The van der Waals surface area contributed by atoms with Gasteiger partial charge in [-0.15, -0.1) is 0 Å². The minimum absolute atomic E-state index is 0.0495. The van der Waals surface area contributed by atoms with Crippen molar-refractivity contribution in [3.05, 3.63) is 28.8 Å². The van der Waals surface area contributed by atoms with Crippen LogP contribution in [0.4, 0.5) is 5.69 Å². The quantitative estimate of drug-likeness (QED) is 0.409. The van der Waals surface area contributed by atoms with Crippen molar-refractivity contribution >= 4 is 45.9 Å². The van der Waals surface area contributed by atoms with Crippen molar-refractivity contribution in [2.75, 3.05) is 11.2 Å². The van der Waals surface area contributed by atoms with E-state index >= 15 is 0 Å². The van der Waals surface area contributed by atoms with E-state index in [1.165, 1.54) is 18.2 Å². The van der Waals surface area contributed by atoms with Crippen LogP contribution >= 0.6 is 11.6 Å². The lowest BCUT2D eigenvalue weighted by Crippen LogP contribution is -2.33. The van der Waals surface area contributed by atoms with Gasteiger partial charge in [0, 0.05) is 17.2 Å². The number of rotatable bonds is 8. The van der Waals surface area contributed by atoms with E-state index in [9.17, 15) is 28.3 Å². The molecule has 0 amide bonds. The number of carbonyl (C=O) groups is 3. The maximum atomic E-state index is 12.4. The summed E-state index contributed by atoms with van der Waals surface area (Å²) in [4.78, 5) is 35.6. The Morgan fingerprint density at radius 2 is 2.04 bits per heavy atom. The minimum atomic E-state index is -2.30. The van der Waals surface area contributed by atoms with Gasteiger partial charge in [-0.2, -0.15) is 0 Å². The SMILES string of the molecule is O=C(O)C(C(=O)c1ccc(NCS(=O)[O-])cc1Cl)C(=O)C1CC1. The van der Waals surface area contributed by atoms with Gasteiger partial charge in [0.05, 0.1) is 10.9 Å². The summed E-state index contributed by atoms with van der Waals surface area (Å²) < 4.78 is 21.0. The summed E-state index contributed by atoms with van der Waals surface area (Å²) >= 11 is 3.67. The molecule has 0 radical (unpaired) electrons. The van der Waals surface area contributed by atoms with Crippen LogP contribution in [0.2, 0.25) is 5.02 Å². The first-order valence-corrected chi connectivity index (χ1v) is 8.33. The number of carbonyl (C=O) groups excluding carboxylic acids is 2. The molecule has 2 unspecified atom stereocenters. The van der Waals surface area contributed by atoms with Crippen LogP contribution in [-0.2, 0) is 20.7 Å². The van der Waals surface area contributed by atoms with E-state index in [1.54, 1.807) is 0 Å². The summed E-state index contributed by atoms with van der Waals surface area (Å²) in [6.07, 6.45) is 1.19. The number of anilines is 1. The normalized spacial score (nSPS) is 16.4. The zero-order valence-corrected chi connectivity index (χ0v) is 13.4. The van der Waals surface area contributed by atoms with Crippen molar-refractivity contribution in [1.82, 2.24) is 0 Å². The standard InChI is InChI=1S/C14H14ClNO6S/c15-10-5-8(16-6-23(21)22)3-4-9(10)13(18)11(14(19)20)12(17)7-1-2-7/h3-5,7,11,16H,1-2,6H2,(H,19,20)(H,21,22)/p-1. The molecule has 1 aromatic rings. The molecule has 0 aromatic heterocycles. The number of hydrogen-bond acceptors (Lipinski definition) is 6. The highest BCUT2D eigenvalue weighted by atomic mass is 35.5. The molecule has 1 saturated carbocycles. The maximum absolute atomic E-state index is 12.4. The number of halogens is 1. The molecule has 7 nitrogen and oxygen atoms in total. The molecule has 2 N–H and O–H groups in total. The molecule has 1 aliphatic carbocycles. The lowest BCUT2D eigenvalue weighted by molar-refractivity contribution is -0.144. The average Bonchev–Trinajstić information content (AvgIpc) is 3.29. The summed E-state index contributed by atoms with van der Waals surface area (Å²) in [5.74, 6) is -5.41. The number of benzene rings is 1. The molecule has 9 heteroatoms. The fourth-order valence-electron chi connectivity index (χ4n) is 2.09. The van der Waals surface area contributed by atoms with Crippen LogP contribution in [0.25, 0.3) is 0 Å². The zero-order chi connectivity index (χ0) is 17.1. The molecule has 1 aliphatic rings. The molecule has 0 heterocycles. The topological polar surface area (TPSA) is 124 Å². The zero-order valence-electron chi connectivity index (χ0n) is 11.8. The molecule has 1 fully saturated rings. The van der Waals surface area contributed by atoms with Crippen LogP contribution < -0.4 is 5.32 Å². The Bertz CT molecular complexity index is 688. The van der Waals surface area contributed by atoms with Gasteiger partial charge in [0.1, 0.15) is 0 Å². The summed E-state index contributed by atoms with van der Waals surface area (Å²) in [5.41, 5.74) is 0.276. The lowest BCUT2D eigenvalue weighted by Gasteiger charge is -2.13. The Kier molecular flexibility index (Phi) is 5.51. The smallest absolute Gasteiger partial charge is 0.322 e. The number of hydrogen-bond donors (Lipinski definition) is 2. The van der Waals surface area contributed by atoms with Crippen molar-refractivity contribution in [3.63, 3.8) is 0 Å². The summed E-state index contributed by atoms with van der Waals surface area (Å²) in [6, 6.07) is 3.98. The van der Waals surface area contributed by atoms with Crippen molar-refractivity contribution < 1.29 is 28.3 Å². The van der Waals surface area contributed by atoms with Crippen LogP contribution in [0.15, 0.2) is 18.2 Å². The van der Waals surface area contributed by atoms with Crippen molar-refractivity contribution in [2.24, 2.45) is 11.8 Å². The minimum Gasteiger partial charge on any atom is -0.771 e. The van der Waals surface area contributed by atoms with Gasteiger partial charge in [-0.05, 0) is 42.1 Å². The molecule has 2 atom stereocenters. The van der Waals surface area contributed by atoms with Crippen molar-refractivity contribution in [3.8, 4) is 0 Å². The Balaban J connectivity index is 2.21. The summed E-state index contributed by atoms with van der Waals surface area (Å²) in [6.45, 7) is 0. The molecule has 0 bridgehead atoms. The van der Waals surface area contributed by atoms with Crippen LogP contribution in [0, 0.1) is 11.8 Å². The fourth-order valence-corrected chi connectivity index (χ4v) is 2.65.